The van der Waals surface area contributed by atoms with Gasteiger partial charge in [0.25, 0.3) is 11.4 Å². The average Bonchev–Trinajstić information content (AvgIpc) is 3.68. The fourth-order valence-corrected chi connectivity index (χ4v) is 4.88. The smallest absolute Gasteiger partial charge is 0.411 e. The van der Waals surface area contributed by atoms with Crippen molar-refractivity contribution >= 4 is 34.8 Å². The number of hydrogen-bond acceptors (Lipinski definition) is 10. The highest BCUT2D eigenvalue weighted by Gasteiger charge is 2.34. The van der Waals surface area contributed by atoms with Crippen molar-refractivity contribution in [3.63, 3.8) is 0 Å². The SMILES string of the molecule is COC(=O)Nc1cnc(-c2ccccc2)n(CC(=O)N[C@@H](C(=O)c2nnc(C(C)(C)c3ccsc3)o2)C(C)C)c1=O. The number of thiophene rings is 1. The zero-order valence-corrected chi connectivity index (χ0v) is 24.0. The van der Waals surface area contributed by atoms with Crippen LogP contribution in [0.25, 0.3) is 11.4 Å². The Bertz CT molecular complexity index is 1590. The Morgan fingerprint density at radius 1 is 1.12 bits per heavy atom. The van der Waals surface area contributed by atoms with Crippen molar-refractivity contribution in [2.45, 2.75) is 45.7 Å². The largest absolute Gasteiger partial charge is 0.453 e. The van der Waals surface area contributed by atoms with E-state index in [0.717, 1.165) is 17.2 Å². The third kappa shape index (κ3) is 6.40. The van der Waals surface area contributed by atoms with Gasteiger partial charge in [-0.15, -0.1) is 10.2 Å². The van der Waals surface area contributed by atoms with Crippen LogP contribution in [0.15, 0.2) is 62.6 Å². The van der Waals surface area contributed by atoms with E-state index < -0.39 is 41.3 Å². The maximum atomic E-state index is 13.4. The maximum absolute atomic E-state index is 13.4. The van der Waals surface area contributed by atoms with Gasteiger partial charge in [0.2, 0.25) is 17.6 Å². The molecule has 0 radical (unpaired) electrons. The van der Waals surface area contributed by atoms with Gasteiger partial charge in [0, 0.05) is 5.56 Å². The van der Waals surface area contributed by atoms with Crippen molar-refractivity contribution in [3.8, 4) is 11.4 Å². The van der Waals surface area contributed by atoms with Crippen molar-refractivity contribution in [3.05, 3.63) is 81.1 Å². The van der Waals surface area contributed by atoms with E-state index in [2.05, 4.69) is 30.6 Å². The molecule has 13 heteroatoms. The molecule has 1 aromatic carbocycles. The highest BCUT2D eigenvalue weighted by atomic mass is 32.1. The highest BCUT2D eigenvalue weighted by Crippen LogP contribution is 2.32. The number of ketones is 1. The molecule has 0 saturated heterocycles. The van der Waals surface area contributed by atoms with Gasteiger partial charge in [-0.05, 0) is 42.2 Å². The summed E-state index contributed by atoms with van der Waals surface area (Å²) in [7, 11) is 1.16. The Kier molecular flexibility index (Phi) is 8.77. The minimum Gasteiger partial charge on any atom is -0.453 e. The second-order valence-corrected chi connectivity index (χ2v) is 10.9. The van der Waals surface area contributed by atoms with Crippen LogP contribution in [0.4, 0.5) is 10.5 Å². The van der Waals surface area contributed by atoms with Crippen molar-refractivity contribution in [1.82, 2.24) is 25.1 Å². The normalized spacial score (nSPS) is 12.1. The van der Waals surface area contributed by atoms with Crippen LogP contribution in [-0.4, -0.2) is 50.7 Å². The van der Waals surface area contributed by atoms with Crippen LogP contribution in [0.1, 0.15) is 49.8 Å². The lowest BCUT2D eigenvalue weighted by Gasteiger charge is -2.21. The van der Waals surface area contributed by atoms with E-state index in [9.17, 15) is 19.2 Å². The number of ether oxygens (including phenoxy) is 1. The summed E-state index contributed by atoms with van der Waals surface area (Å²) < 4.78 is 11.5. The fraction of sp³-hybridized carbons (Fsp3) is 0.321. The van der Waals surface area contributed by atoms with Crippen LogP contribution >= 0.6 is 11.3 Å². The number of amides is 2. The second-order valence-electron chi connectivity index (χ2n) is 10.1. The van der Waals surface area contributed by atoms with E-state index in [1.165, 1.54) is 17.5 Å². The summed E-state index contributed by atoms with van der Waals surface area (Å²) in [4.78, 5) is 56.0. The van der Waals surface area contributed by atoms with E-state index in [4.69, 9.17) is 4.42 Å². The third-order valence-electron chi connectivity index (χ3n) is 6.48. The molecule has 41 heavy (non-hydrogen) atoms. The summed E-state index contributed by atoms with van der Waals surface area (Å²) in [5, 5.41) is 17.0. The number of Topliss-reactive ketones (excluding diaryl/α,β-unsaturated/α-hetero) is 1. The molecule has 0 unspecified atom stereocenters. The number of carbonyl (C=O) groups is 3. The van der Waals surface area contributed by atoms with Gasteiger partial charge in [-0.25, -0.2) is 9.78 Å². The van der Waals surface area contributed by atoms with Crippen LogP contribution < -0.4 is 16.2 Å². The first-order valence-electron chi connectivity index (χ1n) is 12.7. The van der Waals surface area contributed by atoms with Gasteiger partial charge >= 0.3 is 6.09 Å². The number of nitrogens with zero attached hydrogens (tertiary/aromatic N) is 4. The van der Waals surface area contributed by atoms with Gasteiger partial charge in [0.05, 0.1) is 24.8 Å². The Hall–Kier alpha value is -4.65. The molecule has 1 atom stereocenters. The molecule has 4 aromatic rings. The number of rotatable bonds is 10. The minimum absolute atomic E-state index is 0.174. The molecule has 2 amide bonds. The number of benzene rings is 1. The van der Waals surface area contributed by atoms with Crippen molar-refractivity contribution in [1.29, 1.82) is 0 Å². The van der Waals surface area contributed by atoms with Gasteiger partial charge in [-0.3, -0.25) is 24.3 Å². The van der Waals surface area contributed by atoms with Crippen molar-refractivity contribution < 1.29 is 23.5 Å². The summed E-state index contributed by atoms with van der Waals surface area (Å²) >= 11 is 1.54. The molecule has 3 aromatic heterocycles. The molecule has 0 aliphatic heterocycles. The van der Waals surface area contributed by atoms with E-state index in [1.54, 1.807) is 44.2 Å². The predicted octanol–water partition coefficient (Wildman–Crippen LogP) is 3.88. The molecule has 0 aliphatic carbocycles. The third-order valence-corrected chi connectivity index (χ3v) is 7.17. The molecular formula is C28H30N6O6S. The monoisotopic (exact) mass is 578 g/mol. The minimum atomic E-state index is -1.01. The average molecular weight is 579 g/mol. The number of carbonyl (C=O) groups excluding carboxylic acids is 3. The maximum Gasteiger partial charge on any atom is 0.411 e. The summed E-state index contributed by atoms with van der Waals surface area (Å²) in [6.07, 6.45) is 0.334. The van der Waals surface area contributed by atoms with Crippen LogP contribution in [0.2, 0.25) is 0 Å². The molecule has 12 nitrogen and oxygen atoms in total. The van der Waals surface area contributed by atoms with Gasteiger partial charge < -0.3 is 14.5 Å². The van der Waals surface area contributed by atoms with Crippen LogP contribution in [0.5, 0.6) is 0 Å². The lowest BCUT2D eigenvalue weighted by atomic mass is 9.87. The quantitative estimate of drug-likeness (QED) is 0.266. The predicted molar refractivity (Wildman–Crippen MR) is 152 cm³/mol. The number of nitrogens with one attached hydrogen (secondary N) is 2. The Morgan fingerprint density at radius 2 is 1.85 bits per heavy atom. The first-order chi connectivity index (χ1) is 19.5. The number of aromatic nitrogens is 4. The Balaban J connectivity index is 1.60. The molecule has 0 bridgehead atoms. The van der Waals surface area contributed by atoms with Crippen molar-refractivity contribution in [2.75, 3.05) is 12.4 Å². The topological polar surface area (TPSA) is 158 Å². The zero-order chi connectivity index (χ0) is 29.7. The Morgan fingerprint density at radius 3 is 2.49 bits per heavy atom. The van der Waals surface area contributed by atoms with E-state index >= 15 is 0 Å². The lowest BCUT2D eigenvalue weighted by molar-refractivity contribution is -0.122. The molecule has 0 saturated carbocycles. The molecule has 2 N–H and O–H groups in total. The first kappa shape index (κ1) is 29.3. The summed E-state index contributed by atoms with van der Waals surface area (Å²) in [6.45, 7) is 6.87. The van der Waals surface area contributed by atoms with Crippen LogP contribution in [0, 0.1) is 5.92 Å². The zero-order valence-electron chi connectivity index (χ0n) is 23.2. The van der Waals surface area contributed by atoms with Crippen LogP contribution in [0.3, 0.4) is 0 Å². The van der Waals surface area contributed by atoms with E-state index in [-0.39, 0.29) is 29.2 Å². The van der Waals surface area contributed by atoms with Gasteiger partial charge in [-0.2, -0.15) is 11.3 Å². The fourth-order valence-electron chi connectivity index (χ4n) is 4.05. The van der Waals surface area contributed by atoms with Crippen LogP contribution in [-0.2, 0) is 21.5 Å². The van der Waals surface area contributed by atoms with Crippen molar-refractivity contribution in [2.24, 2.45) is 5.92 Å². The summed E-state index contributed by atoms with van der Waals surface area (Å²) in [5.74, 6) is -1.29. The second kappa shape index (κ2) is 12.3. The first-order valence-corrected chi connectivity index (χ1v) is 13.7. The highest BCUT2D eigenvalue weighted by molar-refractivity contribution is 7.08. The molecule has 214 valence electrons. The summed E-state index contributed by atoms with van der Waals surface area (Å²) in [6, 6.07) is 9.72. The molecule has 0 spiro atoms. The lowest BCUT2D eigenvalue weighted by Crippen LogP contribution is -2.46. The van der Waals surface area contributed by atoms with E-state index in [1.807, 2.05) is 30.7 Å². The summed E-state index contributed by atoms with van der Waals surface area (Å²) in [5.41, 5.74) is 0.0746. The number of methoxy groups -OCH3 is 1. The van der Waals surface area contributed by atoms with Gasteiger partial charge in [-0.1, -0.05) is 44.2 Å². The van der Waals surface area contributed by atoms with Gasteiger partial charge in [0.1, 0.15) is 18.1 Å². The standard InChI is InChI=1S/C28H30N6O6S/c1-16(2)21(22(36)24-32-33-26(40-24)28(3,4)18-11-12-41-15-18)31-20(35)14-34-23(17-9-7-6-8-10-17)29-13-19(25(34)37)30-27(38)39-5/h6-13,15-16,21H,14H2,1-5H3,(H,30,38)(H,31,35)/t21-/m1/s1. The number of anilines is 1. The molecule has 0 aliphatic rings. The number of hydrogen-bond donors (Lipinski definition) is 2. The molecular weight excluding hydrogens is 548 g/mol. The molecule has 3 heterocycles. The van der Waals surface area contributed by atoms with E-state index in [0.29, 0.717) is 5.56 Å². The molecule has 0 fully saturated rings. The molecule has 4 rings (SSSR count). The van der Waals surface area contributed by atoms with Gasteiger partial charge in [0.15, 0.2) is 0 Å². The Labute approximate surface area is 239 Å².